The maximum Gasteiger partial charge on any atom is 0.320 e. The van der Waals surface area contributed by atoms with E-state index in [-0.39, 0.29) is 17.1 Å². The predicted molar refractivity (Wildman–Crippen MR) is 131 cm³/mol. The van der Waals surface area contributed by atoms with Crippen molar-refractivity contribution in [3.05, 3.63) is 101 Å². The fraction of sp³-hybridized carbons (Fsp3) is 0.0800. The standard InChI is InChI=1S/C25H21N5O5/c1-35-21-13-12-18(30(33)34)15-20(21)28-25(32)29-23(17-7-3-2-4-8-17)24(31)27-19-11-5-9-16-10-6-14-26-22(16)19/h2-15,23H,1H3,(H,27,31)(H2,28,29,32). The van der Waals surface area contributed by atoms with Gasteiger partial charge in [0.1, 0.15) is 11.8 Å². The number of carbonyl (C=O) groups excluding carboxylic acids is 2. The first-order valence-electron chi connectivity index (χ1n) is 10.6. The summed E-state index contributed by atoms with van der Waals surface area (Å²) in [5.74, 6) is -0.260. The lowest BCUT2D eigenvalue weighted by atomic mass is 10.1. The van der Waals surface area contributed by atoms with Gasteiger partial charge >= 0.3 is 6.03 Å². The van der Waals surface area contributed by atoms with Crippen molar-refractivity contribution in [2.24, 2.45) is 0 Å². The monoisotopic (exact) mass is 471 g/mol. The van der Waals surface area contributed by atoms with Crippen molar-refractivity contribution in [2.75, 3.05) is 17.7 Å². The number of pyridine rings is 1. The molecule has 4 aromatic rings. The molecule has 0 aliphatic rings. The summed E-state index contributed by atoms with van der Waals surface area (Å²) in [7, 11) is 1.38. The molecule has 0 aliphatic carbocycles. The number of hydrogen-bond acceptors (Lipinski definition) is 6. The van der Waals surface area contributed by atoms with Crippen LogP contribution in [0.25, 0.3) is 10.9 Å². The van der Waals surface area contributed by atoms with Gasteiger partial charge in [0.15, 0.2) is 0 Å². The van der Waals surface area contributed by atoms with E-state index in [4.69, 9.17) is 4.74 Å². The minimum atomic E-state index is -1.07. The highest BCUT2D eigenvalue weighted by Gasteiger charge is 2.24. The van der Waals surface area contributed by atoms with Gasteiger partial charge < -0.3 is 20.7 Å². The molecule has 1 aromatic heterocycles. The summed E-state index contributed by atoms with van der Waals surface area (Å²) >= 11 is 0. The molecule has 0 saturated carbocycles. The zero-order valence-electron chi connectivity index (χ0n) is 18.6. The molecule has 0 radical (unpaired) electrons. The molecule has 4 rings (SSSR count). The Morgan fingerprint density at radius 1 is 0.943 bits per heavy atom. The van der Waals surface area contributed by atoms with E-state index in [9.17, 15) is 19.7 Å². The third-order valence-electron chi connectivity index (χ3n) is 5.20. The summed E-state index contributed by atoms with van der Waals surface area (Å²) in [5.41, 5.74) is 1.52. The predicted octanol–water partition coefficient (Wildman–Crippen LogP) is 4.65. The van der Waals surface area contributed by atoms with Crippen LogP contribution in [0.1, 0.15) is 11.6 Å². The SMILES string of the molecule is COc1ccc([N+](=O)[O-])cc1NC(=O)NC(C(=O)Nc1cccc2cccnc12)c1ccccc1. The lowest BCUT2D eigenvalue weighted by Gasteiger charge is -2.20. The van der Waals surface area contributed by atoms with E-state index >= 15 is 0 Å². The van der Waals surface area contributed by atoms with Crippen molar-refractivity contribution < 1.29 is 19.2 Å². The summed E-state index contributed by atoms with van der Waals surface area (Å²) in [6.07, 6.45) is 1.63. The van der Waals surface area contributed by atoms with Gasteiger partial charge in [-0.15, -0.1) is 0 Å². The van der Waals surface area contributed by atoms with Crippen LogP contribution in [0, 0.1) is 10.1 Å². The van der Waals surface area contributed by atoms with Gasteiger partial charge in [-0.3, -0.25) is 19.9 Å². The quantitative estimate of drug-likeness (QED) is 0.265. The summed E-state index contributed by atoms with van der Waals surface area (Å²) in [6, 6.07) is 19.8. The Bertz CT molecular complexity index is 1390. The minimum absolute atomic E-state index is 0.0877. The highest BCUT2D eigenvalue weighted by molar-refractivity contribution is 6.04. The molecule has 1 heterocycles. The van der Waals surface area contributed by atoms with Crippen molar-refractivity contribution in [1.82, 2.24) is 10.3 Å². The van der Waals surface area contributed by atoms with Crippen molar-refractivity contribution in [3.63, 3.8) is 0 Å². The van der Waals surface area contributed by atoms with Crippen LogP contribution in [0.15, 0.2) is 85.1 Å². The average molecular weight is 471 g/mol. The minimum Gasteiger partial charge on any atom is -0.495 e. The number of non-ortho nitro benzene ring substituents is 1. The second kappa shape index (κ2) is 10.3. The Kier molecular flexibility index (Phi) is 6.82. The van der Waals surface area contributed by atoms with Crippen LogP contribution in [-0.4, -0.2) is 29.0 Å². The molecule has 0 fully saturated rings. The molecule has 1 unspecified atom stereocenters. The molecule has 3 aromatic carbocycles. The molecule has 0 aliphatic heterocycles. The van der Waals surface area contributed by atoms with Crippen LogP contribution in [-0.2, 0) is 4.79 Å². The molecule has 0 saturated heterocycles. The summed E-state index contributed by atoms with van der Waals surface area (Å²) in [5, 5.41) is 20.0. The molecule has 0 spiro atoms. The molecule has 10 nitrogen and oxygen atoms in total. The van der Waals surface area contributed by atoms with Crippen molar-refractivity contribution >= 4 is 39.9 Å². The number of anilines is 2. The van der Waals surface area contributed by atoms with Gasteiger partial charge in [-0.05, 0) is 23.8 Å². The average Bonchev–Trinajstić information content (AvgIpc) is 2.88. The fourth-order valence-electron chi connectivity index (χ4n) is 3.55. The molecule has 3 N–H and O–H groups in total. The second-order valence-corrected chi connectivity index (χ2v) is 7.45. The second-order valence-electron chi connectivity index (χ2n) is 7.45. The first-order valence-corrected chi connectivity index (χ1v) is 10.6. The normalized spacial score (nSPS) is 11.3. The van der Waals surface area contributed by atoms with Crippen molar-refractivity contribution in [1.29, 1.82) is 0 Å². The first-order chi connectivity index (χ1) is 17.0. The van der Waals surface area contributed by atoms with Crippen molar-refractivity contribution in [3.8, 4) is 5.75 Å². The number of aromatic nitrogens is 1. The van der Waals surface area contributed by atoms with E-state index in [2.05, 4.69) is 20.9 Å². The topological polar surface area (TPSA) is 135 Å². The molecular weight excluding hydrogens is 450 g/mol. The Labute approximate surface area is 200 Å². The Hall–Kier alpha value is -4.99. The summed E-state index contributed by atoms with van der Waals surface area (Å²) in [4.78, 5) is 41.1. The van der Waals surface area contributed by atoms with Gasteiger partial charge in [0.2, 0.25) is 0 Å². The van der Waals surface area contributed by atoms with E-state index in [1.165, 1.54) is 25.3 Å². The lowest BCUT2D eigenvalue weighted by molar-refractivity contribution is -0.384. The van der Waals surface area contributed by atoms with Crippen LogP contribution in [0.3, 0.4) is 0 Å². The maximum atomic E-state index is 13.3. The number of ether oxygens (including phenoxy) is 1. The Balaban J connectivity index is 1.59. The summed E-state index contributed by atoms with van der Waals surface area (Å²) < 4.78 is 5.19. The van der Waals surface area contributed by atoms with E-state index in [0.29, 0.717) is 16.8 Å². The van der Waals surface area contributed by atoms with Gasteiger partial charge in [-0.1, -0.05) is 48.5 Å². The Morgan fingerprint density at radius 2 is 1.71 bits per heavy atom. The first kappa shape index (κ1) is 23.2. The van der Waals surface area contributed by atoms with Crippen LogP contribution < -0.4 is 20.7 Å². The van der Waals surface area contributed by atoms with Crippen LogP contribution in [0.2, 0.25) is 0 Å². The maximum absolute atomic E-state index is 13.3. The van der Waals surface area contributed by atoms with Gasteiger partial charge in [-0.2, -0.15) is 0 Å². The number of hydrogen-bond donors (Lipinski definition) is 3. The molecule has 0 bridgehead atoms. The fourth-order valence-corrected chi connectivity index (χ4v) is 3.55. The molecule has 35 heavy (non-hydrogen) atoms. The van der Waals surface area contributed by atoms with Crippen LogP contribution in [0.4, 0.5) is 21.9 Å². The van der Waals surface area contributed by atoms with Gasteiger partial charge in [0.25, 0.3) is 11.6 Å². The zero-order chi connectivity index (χ0) is 24.8. The lowest BCUT2D eigenvalue weighted by Crippen LogP contribution is -2.39. The van der Waals surface area contributed by atoms with E-state index < -0.39 is 22.9 Å². The number of amides is 3. The highest BCUT2D eigenvalue weighted by Crippen LogP contribution is 2.29. The number of fused-ring (bicyclic) bond motifs is 1. The van der Waals surface area contributed by atoms with Crippen LogP contribution >= 0.6 is 0 Å². The zero-order valence-corrected chi connectivity index (χ0v) is 18.6. The van der Waals surface area contributed by atoms with E-state index in [1.807, 2.05) is 12.1 Å². The largest absolute Gasteiger partial charge is 0.495 e. The third-order valence-corrected chi connectivity index (χ3v) is 5.20. The molecule has 10 heteroatoms. The van der Waals surface area contributed by atoms with Gasteiger partial charge in [0.05, 0.1) is 28.9 Å². The smallest absolute Gasteiger partial charge is 0.320 e. The highest BCUT2D eigenvalue weighted by atomic mass is 16.6. The van der Waals surface area contributed by atoms with Gasteiger partial charge in [-0.25, -0.2) is 4.79 Å². The summed E-state index contributed by atoms with van der Waals surface area (Å²) in [6.45, 7) is 0. The van der Waals surface area contributed by atoms with Crippen LogP contribution in [0.5, 0.6) is 5.75 Å². The number of benzene rings is 3. The van der Waals surface area contributed by atoms with Gasteiger partial charge in [0, 0.05) is 23.7 Å². The third kappa shape index (κ3) is 5.33. The number of carbonyl (C=O) groups is 2. The number of nitrogens with one attached hydrogen (secondary N) is 3. The number of urea groups is 1. The molecule has 1 atom stereocenters. The van der Waals surface area contributed by atoms with E-state index in [1.54, 1.807) is 54.7 Å². The number of nitrogens with zero attached hydrogens (tertiary/aromatic N) is 2. The number of nitro groups is 1. The molecule has 3 amide bonds. The molecular formula is C25H21N5O5. The van der Waals surface area contributed by atoms with Crippen molar-refractivity contribution in [2.45, 2.75) is 6.04 Å². The number of para-hydroxylation sites is 1. The number of rotatable bonds is 7. The number of methoxy groups -OCH3 is 1. The molecule has 176 valence electrons. The Morgan fingerprint density at radius 3 is 2.46 bits per heavy atom. The van der Waals surface area contributed by atoms with E-state index in [0.717, 1.165) is 5.39 Å². The number of nitro benzene ring substituents is 1.